The molecule has 0 amide bonds. The summed E-state index contributed by atoms with van der Waals surface area (Å²) in [4.78, 5) is 10.8. The number of carbonyl (C=O) groups excluding carboxylic acids is 1. The largest absolute Gasteiger partial charge is 0.508 e. The Hall–Kier alpha value is -1.51. The minimum atomic E-state index is -0.532. The number of hydrogen-bond acceptors (Lipinski definition) is 3. The zero-order valence-corrected chi connectivity index (χ0v) is 10.9. The average Bonchev–Trinajstić information content (AvgIpc) is 2.81. The number of benzene rings is 1. The first-order chi connectivity index (χ1) is 8.78. The van der Waals surface area contributed by atoms with Crippen LogP contribution in [-0.2, 0) is 22.3 Å². The van der Waals surface area contributed by atoms with Crippen molar-refractivity contribution in [1.29, 1.82) is 0 Å². The molecule has 0 bridgehead atoms. The van der Waals surface area contributed by atoms with Crippen molar-refractivity contribution in [1.82, 2.24) is 0 Å². The van der Waals surface area contributed by atoms with Crippen LogP contribution in [-0.4, -0.2) is 18.9 Å². The van der Waals surface area contributed by atoms with Crippen molar-refractivity contribution >= 4 is 6.16 Å². The van der Waals surface area contributed by atoms with Crippen LogP contribution in [0.1, 0.15) is 37.3 Å². The molecule has 3 nitrogen and oxygen atoms in total. The Morgan fingerprint density at radius 3 is 2.39 bits per heavy atom. The minimum absolute atomic E-state index is 0.0720. The van der Waals surface area contributed by atoms with E-state index >= 15 is 0 Å². The fraction of sp³-hybridized carbons (Fsp3) is 0.533. The quantitative estimate of drug-likeness (QED) is 0.723. The Kier molecular flexibility index (Phi) is 4.62. The van der Waals surface area contributed by atoms with Gasteiger partial charge in [-0.25, -0.2) is 4.79 Å². The maximum Gasteiger partial charge on any atom is 0.508 e. The van der Waals surface area contributed by atoms with E-state index in [2.05, 4.69) is 31.2 Å². The molecule has 1 fully saturated rings. The van der Waals surface area contributed by atoms with Gasteiger partial charge in [-0.3, -0.25) is 0 Å². The Labute approximate surface area is 108 Å². The highest BCUT2D eigenvalue weighted by molar-refractivity contribution is 5.61. The van der Waals surface area contributed by atoms with Crippen molar-refractivity contribution in [3.05, 3.63) is 35.4 Å². The molecule has 98 valence electrons. The average molecular weight is 248 g/mol. The van der Waals surface area contributed by atoms with E-state index in [4.69, 9.17) is 9.47 Å². The highest BCUT2D eigenvalue weighted by Gasteiger charge is 2.24. The summed E-state index contributed by atoms with van der Waals surface area (Å²) >= 11 is 0. The molecule has 1 atom stereocenters. The summed E-state index contributed by atoms with van der Waals surface area (Å²) in [7, 11) is 0. The minimum Gasteiger partial charge on any atom is -0.430 e. The highest BCUT2D eigenvalue weighted by atomic mass is 16.8. The molecule has 0 N–H and O–H groups in total. The molecule has 2 rings (SSSR count). The summed E-state index contributed by atoms with van der Waals surface area (Å²) in [5.74, 6) is 0. The van der Waals surface area contributed by atoms with Crippen LogP contribution in [0.2, 0.25) is 0 Å². The van der Waals surface area contributed by atoms with Gasteiger partial charge in [-0.2, -0.15) is 0 Å². The third-order valence-electron chi connectivity index (χ3n) is 3.25. The van der Waals surface area contributed by atoms with Crippen molar-refractivity contribution in [2.24, 2.45) is 0 Å². The molecule has 0 spiro atoms. The molecule has 1 aromatic carbocycles. The molecule has 1 aromatic rings. The number of ether oxygens (including phenoxy) is 2. The first-order valence-electron chi connectivity index (χ1n) is 6.69. The third kappa shape index (κ3) is 3.76. The second-order valence-electron chi connectivity index (χ2n) is 4.76. The van der Waals surface area contributed by atoms with Gasteiger partial charge in [0.2, 0.25) is 0 Å². The number of unbranched alkanes of at least 4 members (excludes halogenated alkanes) is 1. The summed E-state index contributed by atoms with van der Waals surface area (Å²) in [6.07, 6.45) is 4.79. The fourth-order valence-electron chi connectivity index (χ4n) is 2.09. The van der Waals surface area contributed by atoms with Crippen LogP contribution in [0.15, 0.2) is 24.3 Å². The molecule has 0 aromatic heterocycles. The summed E-state index contributed by atoms with van der Waals surface area (Å²) in [6, 6.07) is 8.73. The van der Waals surface area contributed by atoms with Crippen LogP contribution in [0.25, 0.3) is 0 Å². The lowest BCUT2D eigenvalue weighted by Gasteiger charge is -2.07. The van der Waals surface area contributed by atoms with Crippen molar-refractivity contribution < 1.29 is 14.3 Å². The van der Waals surface area contributed by atoms with Gasteiger partial charge in [-0.15, -0.1) is 0 Å². The molecule has 0 aliphatic carbocycles. The van der Waals surface area contributed by atoms with Gasteiger partial charge in [0.05, 0.1) is 0 Å². The van der Waals surface area contributed by atoms with Gasteiger partial charge >= 0.3 is 6.16 Å². The maximum atomic E-state index is 10.8. The zero-order valence-electron chi connectivity index (χ0n) is 10.9. The Balaban J connectivity index is 1.77. The van der Waals surface area contributed by atoms with E-state index in [0.717, 1.165) is 19.3 Å². The monoisotopic (exact) mass is 248 g/mol. The molecule has 3 heteroatoms. The van der Waals surface area contributed by atoms with Crippen molar-refractivity contribution in [2.45, 2.75) is 45.1 Å². The Bertz CT molecular complexity index is 383. The SMILES string of the molecule is CCCCc1ccc(CCC2COC(=O)O2)cc1. The predicted octanol–water partition coefficient (Wildman–Crippen LogP) is 3.50. The second-order valence-corrected chi connectivity index (χ2v) is 4.76. The number of cyclic esters (lactones) is 2. The highest BCUT2D eigenvalue weighted by Crippen LogP contribution is 2.14. The molecule has 0 radical (unpaired) electrons. The van der Waals surface area contributed by atoms with E-state index in [9.17, 15) is 4.79 Å². The van der Waals surface area contributed by atoms with Crippen molar-refractivity contribution in [3.8, 4) is 0 Å². The smallest absolute Gasteiger partial charge is 0.430 e. The molecular formula is C15H20O3. The molecule has 1 aliphatic heterocycles. The maximum absolute atomic E-state index is 10.8. The normalized spacial score (nSPS) is 18.5. The number of hydrogen-bond donors (Lipinski definition) is 0. The zero-order chi connectivity index (χ0) is 12.8. The molecule has 1 heterocycles. The van der Waals surface area contributed by atoms with Crippen LogP contribution < -0.4 is 0 Å². The lowest BCUT2D eigenvalue weighted by Crippen LogP contribution is -2.10. The van der Waals surface area contributed by atoms with E-state index in [0.29, 0.717) is 6.61 Å². The predicted molar refractivity (Wildman–Crippen MR) is 69.6 cm³/mol. The van der Waals surface area contributed by atoms with Gasteiger partial charge < -0.3 is 9.47 Å². The fourth-order valence-corrected chi connectivity index (χ4v) is 2.09. The Morgan fingerprint density at radius 1 is 1.17 bits per heavy atom. The van der Waals surface area contributed by atoms with E-state index < -0.39 is 6.16 Å². The molecular weight excluding hydrogens is 228 g/mol. The molecule has 1 aliphatic rings. The van der Waals surface area contributed by atoms with E-state index in [-0.39, 0.29) is 6.10 Å². The number of aryl methyl sites for hydroxylation is 2. The number of rotatable bonds is 6. The van der Waals surface area contributed by atoms with Crippen LogP contribution in [0, 0.1) is 0 Å². The lowest BCUT2D eigenvalue weighted by atomic mass is 10.0. The van der Waals surface area contributed by atoms with Crippen LogP contribution >= 0.6 is 0 Å². The van der Waals surface area contributed by atoms with E-state index in [1.807, 2.05) is 0 Å². The van der Waals surface area contributed by atoms with E-state index in [1.165, 1.54) is 24.0 Å². The molecule has 0 saturated carbocycles. The van der Waals surface area contributed by atoms with Crippen LogP contribution in [0.3, 0.4) is 0 Å². The topological polar surface area (TPSA) is 35.5 Å². The third-order valence-corrected chi connectivity index (χ3v) is 3.25. The summed E-state index contributed by atoms with van der Waals surface area (Å²) in [5, 5.41) is 0. The van der Waals surface area contributed by atoms with Gasteiger partial charge in [0.1, 0.15) is 12.7 Å². The standard InChI is InChI=1S/C15H20O3/c1-2-3-4-12-5-7-13(8-6-12)9-10-14-11-17-15(16)18-14/h5-8,14H,2-4,9-11H2,1H3. The first kappa shape index (κ1) is 12.9. The van der Waals surface area contributed by atoms with E-state index in [1.54, 1.807) is 0 Å². The number of carbonyl (C=O) groups is 1. The van der Waals surface area contributed by atoms with Gasteiger partial charge in [-0.05, 0) is 36.8 Å². The first-order valence-corrected chi connectivity index (χ1v) is 6.69. The summed E-state index contributed by atoms with van der Waals surface area (Å²) < 4.78 is 9.75. The van der Waals surface area contributed by atoms with Gasteiger partial charge in [0, 0.05) is 0 Å². The summed E-state index contributed by atoms with van der Waals surface area (Å²) in [6.45, 7) is 2.60. The molecule has 1 unspecified atom stereocenters. The van der Waals surface area contributed by atoms with Crippen molar-refractivity contribution in [2.75, 3.05) is 6.61 Å². The Morgan fingerprint density at radius 2 is 1.83 bits per heavy atom. The van der Waals surface area contributed by atoms with Gasteiger partial charge in [0.25, 0.3) is 0 Å². The van der Waals surface area contributed by atoms with Crippen molar-refractivity contribution in [3.63, 3.8) is 0 Å². The van der Waals surface area contributed by atoms with Crippen LogP contribution in [0.4, 0.5) is 4.79 Å². The lowest BCUT2D eigenvalue weighted by molar-refractivity contribution is 0.116. The van der Waals surface area contributed by atoms with Gasteiger partial charge in [0.15, 0.2) is 0 Å². The molecule has 18 heavy (non-hydrogen) atoms. The van der Waals surface area contributed by atoms with Crippen LogP contribution in [0.5, 0.6) is 0 Å². The van der Waals surface area contributed by atoms with Gasteiger partial charge in [-0.1, -0.05) is 37.6 Å². The second kappa shape index (κ2) is 6.43. The summed E-state index contributed by atoms with van der Waals surface area (Å²) in [5.41, 5.74) is 2.69. The molecule has 1 saturated heterocycles.